The molecule has 2 aliphatic heterocycles. The summed E-state index contributed by atoms with van der Waals surface area (Å²) < 4.78 is 33.5. The van der Waals surface area contributed by atoms with Gasteiger partial charge < -0.3 is 15.0 Å². The number of aryl methyl sites for hydroxylation is 1. The van der Waals surface area contributed by atoms with Gasteiger partial charge in [-0.1, -0.05) is 26.2 Å². The third-order valence-electron chi connectivity index (χ3n) is 7.27. The highest BCUT2D eigenvalue weighted by molar-refractivity contribution is 7.89. The van der Waals surface area contributed by atoms with Crippen LogP contribution in [0.5, 0.6) is 5.75 Å². The summed E-state index contributed by atoms with van der Waals surface area (Å²) in [6, 6.07) is 3.68. The second-order valence-electron chi connectivity index (χ2n) is 9.59. The van der Waals surface area contributed by atoms with E-state index in [9.17, 15) is 18.0 Å². The van der Waals surface area contributed by atoms with Gasteiger partial charge in [-0.3, -0.25) is 14.5 Å². The molecule has 10 heteroatoms. The fourth-order valence-electron chi connectivity index (χ4n) is 5.16. The molecule has 0 unspecified atom stereocenters. The molecule has 4 rings (SSSR count). The Morgan fingerprint density at radius 2 is 1.82 bits per heavy atom. The molecule has 0 aromatic heterocycles. The van der Waals surface area contributed by atoms with Crippen molar-refractivity contribution in [2.24, 2.45) is 0 Å². The minimum atomic E-state index is -3.92. The van der Waals surface area contributed by atoms with E-state index in [-0.39, 0.29) is 23.3 Å². The molecule has 34 heavy (non-hydrogen) atoms. The van der Waals surface area contributed by atoms with E-state index in [0.29, 0.717) is 42.6 Å². The fourth-order valence-corrected chi connectivity index (χ4v) is 6.50. The van der Waals surface area contributed by atoms with Crippen molar-refractivity contribution in [1.29, 1.82) is 0 Å². The Morgan fingerprint density at radius 1 is 1.15 bits per heavy atom. The maximum absolute atomic E-state index is 13.3. The number of fused-ring (bicyclic) bond motifs is 1. The predicted molar refractivity (Wildman–Crippen MR) is 129 cm³/mol. The number of nitrogens with zero attached hydrogens (tertiary/aromatic N) is 3. The molecule has 188 valence electrons. The zero-order chi connectivity index (χ0) is 24.5. The first-order valence-electron chi connectivity index (χ1n) is 12.3. The summed E-state index contributed by atoms with van der Waals surface area (Å²) >= 11 is 0. The molecule has 2 amide bonds. The van der Waals surface area contributed by atoms with Gasteiger partial charge in [0, 0.05) is 45.3 Å². The summed E-state index contributed by atoms with van der Waals surface area (Å²) in [6.07, 6.45) is 6.18. The lowest BCUT2D eigenvalue weighted by Crippen LogP contribution is -2.54. The molecule has 0 spiro atoms. The van der Waals surface area contributed by atoms with E-state index in [1.165, 1.54) is 45.2 Å². The summed E-state index contributed by atoms with van der Waals surface area (Å²) in [7, 11) is -2.49. The summed E-state index contributed by atoms with van der Waals surface area (Å²) in [5.41, 5.74) is 0.943. The molecule has 3 aliphatic rings. The average molecular weight is 493 g/mol. The Labute approximate surface area is 202 Å². The van der Waals surface area contributed by atoms with Gasteiger partial charge in [-0.2, -0.15) is 4.31 Å². The van der Waals surface area contributed by atoms with Gasteiger partial charge in [-0.15, -0.1) is 0 Å². The van der Waals surface area contributed by atoms with Crippen molar-refractivity contribution in [1.82, 2.24) is 14.1 Å². The fraction of sp³-hybridized carbons (Fsp3) is 0.667. The third kappa shape index (κ3) is 5.08. The number of amides is 2. The number of sulfonamides is 1. The van der Waals surface area contributed by atoms with Crippen LogP contribution in [0.4, 0.5) is 5.69 Å². The van der Waals surface area contributed by atoms with E-state index >= 15 is 0 Å². The number of likely N-dealkylation sites (N-methyl/N-ethyl adjacent to an activating group) is 1. The van der Waals surface area contributed by atoms with E-state index in [0.717, 1.165) is 17.4 Å². The number of benzene rings is 1. The van der Waals surface area contributed by atoms with Crippen molar-refractivity contribution in [3.63, 3.8) is 0 Å². The quantitative estimate of drug-likeness (QED) is 0.654. The van der Waals surface area contributed by atoms with Crippen LogP contribution in [0.3, 0.4) is 0 Å². The molecule has 1 N–H and O–H groups in total. The van der Waals surface area contributed by atoms with Crippen molar-refractivity contribution < 1.29 is 22.7 Å². The number of carbonyl (C=O) groups is 2. The van der Waals surface area contributed by atoms with Crippen LogP contribution in [0.15, 0.2) is 17.0 Å². The third-order valence-corrected chi connectivity index (χ3v) is 9.22. The second-order valence-corrected chi connectivity index (χ2v) is 11.6. The maximum atomic E-state index is 13.3. The van der Waals surface area contributed by atoms with Gasteiger partial charge in [0.1, 0.15) is 5.75 Å². The largest absolute Gasteiger partial charge is 0.478 e. The van der Waals surface area contributed by atoms with E-state index in [1.54, 1.807) is 17.9 Å². The zero-order valence-electron chi connectivity index (χ0n) is 20.4. The summed E-state index contributed by atoms with van der Waals surface area (Å²) in [5, 5.41) is 2.77. The van der Waals surface area contributed by atoms with Gasteiger partial charge in [-0.25, -0.2) is 8.42 Å². The SMILES string of the molecule is CC[C@@H]1Oc2cc(S(=O)(=O)N(C)CC(=O)N3CCN(C4CCCCC4)CC3)c(C)cc2NC1=O. The standard InChI is InChI=1S/C24H36N4O5S/c1-4-20-24(30)25-19-14-17(2)22(15-21(19)33-20)34(31,32)26(3)16-23(29)28-12-10-27(11-13-28)18-8-6-5-7-9-18/h14-15,18,20H,4-13,16H2,1-3H3,(H,25,30)/t20-/m0/s1. The molecule has 1 saturated heterocycles. The summed E-state index contributed by atoms with van der Waals surface area (Å²) in [6.45, 7) is 6.25. The maximum Gasteiger partial charge on any atom is 0.265 e. The van der Waals surface area contributed by atoms with E-state index in [1.807, 2.05) is 6.92 Å². The highest BCUT2D eigenvalue weighted by atomic mass is 32.2. The number of anilines is 1. The van der Waals surface area contributed by atoms with Gasteiger partial charge in [0.25, 0.3) is 5.91 Å². The van der Waals surface area contributed by atoms with Crippen LogP contribution < -0.4 is 10.1 Å². The molecular formula is C24H36N4O5S. The minimum absolute atomic E-state index is 0.0784. The first-order valence-corrected chi connectivity index (χ1v) is 13.7. The van der Waals surface area contributed by atoms with Gasteiger partial charge >= 0.3 is 0 Å². The van der Waals surface area contributed by atoms with Crippen LogP contribution in [0.2, 0.25) is 0 Å². The highest BCUT2D eigenvalue weighted by Gasteiger charge is 2.33. The first kappa shape index (κ1) is 24.9. The van der Waals surface area contributed by atoms with Crippen molar-refractivity contribution in [2.45, 2.75) is 69.4 Å². The number of piperazine rings is 1. The van der Waals surface area contributed by atoms with Gasteiger partial charge in [0.15, 0.2) is 6.10 Å². The topological polar surface area (TPSA) is 99.3 Å². The number of nitrogens with one attached hydrogen (secondary N) is 1. The van der Waals surface area contributed by atoms with E-state index in [4.69, 9.17) is 4.74 Å². The van der Waals surface area contributed by atoms with Crippen LogP contribution in [-0.4, -0.2) is 86.3 Å². The number of rotatable bonds is 6. The van der Waals surface area contributed by atoms with E-state index < -0.39 is 16.1 Å². The van der Waals surface area contributed by atoms with Crippen molar-refractivity contribution in [3.05, 3.63) is 17.7 Å². The highest BCUT2D eigenvalue weighted by Crippen LogP contribution is 2.35. The minimum Gasteiger partial charge on any atom is -0.478 e. The number of hydrogen-bond donors (Lipinski definition) is 1. The molecule has 0 bridgehead atoms. The summed E-state index contributed by atoms with van der Waals surface area (Å²) in [5.74, 6) is -0.0926. The Kier molecular flexibility index (Phi) is 7.49. The average Bonchev–Trinajstić information content (AvgIpc) is 2.83. The van der Waals surface area contributed by atoms with Gasteiger partial charge in [-0.05, 0) is 37.8 Å². The Hall–Kier alpha value is -2.17. The van der Waals surface area contributed by atoms with Crippen LogP contribution in [0.1, 0.15) is 51.0 Å². The molecule has 1 aliphatic carbocycles. The van der Waals surface area contributed by atoms with Crippen molar-refractivity contribution >= 4 is 27.5 Å². The second kappa shape index (κ2) is 10.2. The molecule has 9 nitrogen and oxygen atoms in total. The monoisotopic (exact) mass is 492 g/mol. The lowest BCUT2D eigenvalue weighted by Gasteiger charge is -2.41. The normalized spacial score (nSPS) is 22.3. The number of hydrogen-bond acceptors (Lipinski definition) is 6. The number of ether oxygens (including phenoxy) is 1. The van der Waals surface area contributed by atoms with Crippen molar-refractivity contribution in [2.75, 3.05) is 45.1 Å². The van der Waals surface area contributed by atoms with E-state index in [2.05, 4.69) is 10.2 Å². The van der Waals surface area contributed by atoms with Crippen LogP contribution in [-0.2, 0) is 19.6 Å². The Morgan fingerprint density at radius 3 is 2.47 bits per heavy atom. The molecule has 0 radical (unpaired) electrons. The Bertz CT molecular complexity index is 1030. The lowest BCUT2D eigenvalue weighted by molar-refractivity contribution is -0.133. The van der Waals surface area contributed by atoms with Crippen LogP contribution >= 0.6 is 0 Å². The molecule has 2 heterocycles. The smallest absolute Gasteiger partial charge is 0.265 e. The first-order chi connectivity index (χ1) is 16.2. The molecular weight excluding hydrogens is 456 g/mol. The molecule has 1 atom stereocenters. The van der Waals surface area contributed by atoms with Crippen molar-refractivity contribution in [3.8, 4) is 5.75 Å². The molecule has 1 aromatic rings. The molecule has 1 saturated carbocycles. The van der Waals surface area contributed by atoms with Gasteiger partial charge in [0.2, 0.25) is 15.9 Å². The lowest BCUT2D eigenvalue weighted by atomic mass is 9.94. The predicted octanol–water partition coefficient (Wildman–Crippen LogP) is 2.20. The van der Waals surface area contributed by atoms with Gasteiger partial charge in [0.05, 0.1) is 17.1 Å². The Balaban J connectivity index is 1.40. The zero-order valence-corrected chi connectivity index (χ0v) is 21.2. The number of carbonyl (C=O) groups excluding carboxylic acids is 2. The molecule has 2 fully saturated rings. The summed E-state index contributed by atoms with van der Waals surface area (Å²) in [4.78, 5) is 29.3. The molecule has 1 aromatic carbocycles. The van der Waals surface area contributed by atoms with Crippen LogP contribution in [0, 0.1) is 6.92 Å². The van der Waals surface area contributed by atoms with Crippen LogP contribution in [0.25, 0.3) is 0 Å².